The zero-order valence-electron chi connectivity index (χ0n) is 7.24. The Labute approximate surface area is 93.9 Å². The Morgan fingerprint density at radius 3 is 2.93 bits per heavy atom. The van der Waals surface area contributed by atoms with E-state index in [1.807, 2.05) is 6.07 Å². The van der Waals surface area contributed by atoms with Crippen LogP contribution in [-0.4, -0.2) is 15.0 Å². The summed E-state index contributed by atoms with van der Waals surface area (Å²) in [5.74, 6) is 0. The van der Waals surface area contributed by atoms with Crippen molar-refractivity contribution in [1.29, 1.82) is 0 Å². The van der Waals surface area contributed by atoms with Gasteiger partial charge in [-0.15, -0.1) is 0 Å². The topological polar surface area (TPSA) is 51.8 Å². The van der Waals surface area contributed by atoms with Gasteiger partial charge >= 0.3 is 0 Å². The molecular weight excluding hydrogens is 237 g/mol. The minimum atomic E-state index is 0.0963. The molecule has 0 saturated carbocycles. The van der Waals surface area contributed by atoms with Gasteiger partial charge in [0.25, 0.3) is 0 Å². The molecule has 74 valence electrons. The monoisotopic (exact) mass is 239 g/mol. The van der Waals surface area contributed by atoms with Gasteiger partial charge in [-0.2, -0.15) is 0 Å². The third kappa shape index (κ3) is 1.26. The minimum Gasteiger partial charge on any atom is -0.433 e. The molecule has 0 aliphatic rings. The van der Waals surface area contributed by atoms with Gasteiger partial charge in [-0.05, 0) is 23.7 Å². The lowest BCUT2D eigenvalue weighted by atomic mass is 10.3. The number of halogens is 2. The van der Waals surface area contributed by atoms with Crippen LogP contribution in [0.2, 0.25) is 10.4 Å². The summed E-state index contributed by atoms with van der Waals surface area (Å²) in [4.78, 5) is 11.9. The second-order valence-corrected chi connectivity index (χ2v) is 3.62. The van der Waals surface area contributed by atoms with Crippen molar-refractivity contribution in [2.24, 2.45) is 0 Å². The van der Waals surface area contributed by atoms with E-state index in [-0.39, 0.29) is 10.4 Å². The summed E-state index contributed by atoms with van der Waals surface area (Å²) in [7, 11) is 0. The fraction of sp³-hybridized carbons (Fsp3) is 0. The molecule has 6 heteroatoms. The van der Waals surface area contributed by atoms with Crippen molar-refractivity contribution in [3.63, 3.8) is 0 Å². The molecular formula is C9H3Cl2N3O. The van der Waals surface area contributed by atoms with E-state index >= 15 is 0 Å². The highest BCUT2D eigenvalue weighted by Crippen LogP contribution is 2.30. The Bertz CT molecular complexity index is 665. The van der Waals surface area contributed by atoms with Crippen LogP contribution in [0.3, 0.4) is 0 Å². The fourth-order valence-corrected chi connectivity index (χ4v) is 1.84. The largest absolute Gasteiger partial charge is 0.433 e. The van der Waals surface area contributed by atoms with Crippen LogP contribution in [0.25, 0.3) is 22.2 Å². The van der Waals surface area contributed by atoms with Crippen LogP contribution in [0.1, 0.15) is 0 Å². The van der Waals surface area contributed by atoms with E-state index in [0.29, 0.717) is 16.8 Å². The van der Waals surface area contributed by atoms with Gasteiger partial charge in [-0.1, -0.05) is 11.6 Å². The molecule has 15 heavy (non-hydrogen) atoms. The number of furan rings is 1. The maximum atomic E-state index is 5.88. The molecule has 3 aromatic heterocycles. The predicted octanol–water partition coefficient (Wildman–Crippen LogP) is 3.08. The average Bonchev–Trinajstić information content (AvgIpc) is 2.57. The molecule has 3 heterocycles. The van der Waals surface area contributed by atoms with Crippen molar-refractivity contribution in [2.75, 3.05) is 0 Å². The molecule has 0 N–H and O–H groups in total. The first-order valence-corrected chi connectivity index (χ1v) is 4.87. The van der Waals surface area contributed by atoms with E-state index in [2.05, 4.69) is 15.0 Å². The standard InChI is InChI=1S/C9H3Cl2N3O/c10-7-6-5(13-9(11)14-7)4-2-1-3-12-8(4)15-6/h1-3H. The molecule has 3 rings (SSSR count). The molecule has 0 atom stereocenters. The summed E-state index contributed by atoms with van der Waals surface area (Å²) >= 11 is 11.6. The quantitative estimate of drug-likeness (QED) is 0.447. The van der Waals surface area contributed by atoms with Crippen LogP contribution in [0.15, 0.2) is 22.7 Å². The first-order chi connectivity index (χ1) is 7.25. The predicted molar refractivity (Wildman–Crippen MR) is 57.1 cm³/mol. The Morgan fingerprint density at radius 2 is 2.07 bits per heavy atom. The van der Waals surface area contributed by atoms with Crippen LogP contribution in [0.5, 0.6) is 0 Å². The van der Waals surface area contributed by atoms with Gasteiger partial charge in [0.1, 0.15) is 5.52 Å². The smallest absolute Gasteiger partial charge is 0.229 e. The molecule has 0 spiro atoms. The molecule has 4 nitrogen and oxygen atoms in total. The summed E-state index contributed by atoms with van der Waals surface area (Å²) in [6.07, 6.45) is 1.63. The normalized spacial score (nSPS) is 11.3. The maximum Gasteiger partial charge on any atom is 0.229 e. The highest BCUT2D eigenvalue weighted by atomic mass is 35.5. The fourth-order valence-electron chi connectivity index (χ4n) is 1.42. The van der Waals surface area contributed by atoms with Crippen LogP contribution >= 0.6 is 23.2 Å². The van der Waals surface area contributed by atoms with Crippen LogP contribution < -0.4 is 0 Å². The second kappa shape index (κ2) is 3.05. The highest BCUT2D eigenvalue weighted by molar-refractivity contribution is 6.36. The van der Waals surface area contributed by atoms with Crippen molar-refractivity contribution in [3.8, 4) is 0 Å². The van der Waals surface area contributed by atoms with E-state index in [4.69, 9.17) is 27.6 Å². The molecule has 0 aromatic carbocycles. The van der Waals surface area contributed by atoms with Gasteiger partial charge < -0.3 is 4.42 Å². The summed E-state index contributed by atoms with van der Waals surface area (Å²) in [6.45, 7) is 0. The number of aromatic nitrogens is 3. The second-order valence-electron chi connectivity index (χ2n) is 2.92. The number of hydrogen-bond acceptors (Lipinski definition) is 4. The molecule has 0 aliphatic heterocycles. The Hall–Kier alpha value is -1.39. The summed E-state index contributed by atoms with van der Waals surface area (Å²) < 4.78 is 5.41. The van der Waals surface area contributed by atoms with Crippen molar-refractivity contribution >= 4 is 45.4 Å². The van der Waals surface area contributed by atoms with Gasteiger partial charge in [-0.25, -0.2) is 15.0 Å². The van der Waals surface area contributed by atoms with Crippen LogP contribution in [0.4, 0.5) is 0 Å². The van der Waals surface area contributed by atoms with Gasteiger partial charge in [0.2, 0.25) is 11.0 Å². The number of fused-ring (bicyclic) bond motifs is 3. The molecule has 0 fully saturated rings. The van der Waals surface area contributed by atoms with Crippen molar-refractivity contribution in [2.45, 2.75) is 0 Å². The van der Waals surface area contributed by atoms with Crippen molar-refractivity contribution in [1.82, 2.24) is 15.0 Å². The molecule has 0 bridgehead atoms. The molecule has 0 saturated heterocycles. The van der Waals surface area contributed by atoms with Crippen molar-refractivity contribution in [3.05, 3.63) is 28.8 Å². The molecule has 0 amide bonds. The number of pyridine rings is 1. The average molecular weight is 240 g/mol. The first kappa shape index (κ1) is 8.88. The van der Waals surface area contributed by atoms with Gasteiger partial charge in [0.15, 0.2) is 10.7 Å². The first-order valence-electron chi connectivity index (χ1n) is 4.12. The summed E-state index contributed by atoms with van der Waals surface area (Å²) in [5.41, 5.74) is 1.48. The van der Waals surface area contributed by atoms with Gasteiger partial charge in [-0.3, -0.25) is 0 Å². The lowest BCUT2D eigenvalue weighted by Gasteiger charge is -1.91. The molecule has 0 unspecified atom stereocenters. The van der Waals surface area contributed by atoms with E-state index in [0.717, 1.165) is 5.39 Å². The lowest BCUT2D eigenvalue weighted by Crippen LogP contribution is -1.83. The van der Waals surface area contributed by atoms with Gasteiger partial charge in [0, 0.05) is 6.20 Å². The minimum absolute atomic E-state index is 0.0963. The third-order valence-electron chi connectivity index (χ3n) is 2.02. The third-order valence-corrected chi connectivity index (χ3v) is 2.45. The lowest BCUT2D eigenvalue weighted by molar-refractivity contribution is 0.651. The van der Waals surface area contributed by atoms with E-state index in [1.54, 1.807) is 12.3 Å². The van der Waals surface area contributed by atoms with E-state index in [1.165, 1.54) is 0 Å². The SMILES string of the molecule is Clc1nc(Cl)c2oc3ncccc3c2n1. The van der Waals surface area contributed by atoms with Crippen LogP contribution in [0, 0.1) is 0 Å². The van der Waals surface area contributed by atoms with Crippen LogP contribution in [-0.2, 0) is 0 Å². The Balaban J connectivity index is 2.61. The Morgan fingerprint density at radius 1 is 1.20 bits per heavy atom. The molecule has 0 aliphatic carbocycles. The van der Waals surface area contributed by atoms with Crippen molar-refractivity contribution < 1.29 is 4.42 Å². The zero-order valence-corrected chi connectivity index (χ0v) is 8.75. The summed E-state index contributed by atoms with van der Waals surface area (Å²) in [5, 5.41) is 1.07. The Kier molecular flexibility index (Phi) is 1.81. The van der Waals surface area contributed by atoms with E-state index < -0.39 is 0 Å². The highest BCUT2D eigenvalue weighted by Gasteiger charge is 2.13. The number of rotatable bonds is 0. The maximum absolute atomic E-state index is 5.88. The molecule has 3 aromatic rings. The zero-order chi connectivity index (χ0) is 10.4. The summed E-state index contributed by atoms with van der Waals surface area (Å²) in [6, 6.07) is 3.63. The van der Waals surface area contributed by atoms with Gasteiger partial charge in [0.05, 0.1) is 5.39 Å². The number of nitrogens with zero attached hydrogens (tertiary/aromatic N) is 3. The number of hydrogen-bond donors (Lipinski definition) is 0. The van der Waals surface area contributed by atoms with E-state index in [9.17, 15) is 0 Å². The molecule has 0 radical (unpaired) electrons.